The summed E-state index contributed by atoms with van der Waals surface area (Å²) in [5.41, 5.74) is -2.47. The summed E-state index contributed by atoms with van der Waals surface area (Å²) >= 11 is 0. The van der Waals surface area contributed by atoms with Crippen molar-refractivity contribution in [3.8, 4) is 0 Å². The molecule has 7 heteroatoms. The number of methoxy groups -OCH3 is 2. The zero-order chi connectivity index (χ0) is 20.7. The van der Waals surface area contributed by atoms with Gasteiger partial charge in [-0.15, -0.1) is 6.58 Å². The Bertz CT molecular complexity index is 782. The van der Waals surface area contributed by atoms with Crippen LogP contribution in [0.5, 0.6) is 0 Å². The van der Waals surface area contributed by atoms with Gasteiger partial charge in [0.05, 0.1) is 19.6 Å². The van der Waals surface area contributed by atoms with Crippen molar-refractivity contribution < 1.29 is 33.3 Å². The predicted octanol–water partition coefficient (Wildman–Crippen LogP) is 2.67. The van der Waals surface area contributed by atoms with Crippen LogP contribution in [0.2, 0.25) is 0 Å². The van der Waals surface area contributed by atoms with Crippen LogP contribution in [0, 0.1) is 22.7 Å². The Balaban J connectivity index is 2.35. The molecular formula is C21H26O7. The number of carbonyl (C=O) groups is 3. The number of hydrogen-bond acceptors (Lipinski definition) is 7. The smallest absolute Gasteiger partial charge is 0.322 e. The van der Waals surface area contributed by atoms with E-state index in [1.165, 1.54) is 14.2 Å². The zero-order valence-electron chi connectivity index (χ0n) is 16.7. The second-order valence-corrected chi connectivity index (χ2v) is 8.10. The minimum absolute atomic E-state index is 0.0198. The minimum Gasteiger partial charge on any atom is -0.469 e. The molecular weight excluding hydrogens is 364 g/mol. The molecule has 0 amide bonds. The topological polar surface area (TPSA) is 88.1 Å². The van der Waals surface area contributed by atoms with Gasteiger partial charge in [0.2, 0.25) is 0 Å². The Morgan fingerprint density at radius 1 is 1.36 bits per heavy atom. The van der Waals surface area contributed by atoms with E-state index in [4.69, 9.17) is 18.9 Å². The minimum atomic E-state index is -1.39. The van der Waals surface area contributed by atoms with E-state index in [-0.39, 0.29) is 5.95 Å². The molecule has 0 radical (unpaired) electrons. The Labute approximate surface area is 164 Å². The highest BCUT2D eigenvalue weighted by molar-refractivity contribution is 5.82. The number of ether oxygens (including phenoxy) is 4. The third-order valence-electron chi connectivity index (χ3n) is 6.82. The molecule has 0 unspecified atom stereocenters. The van der Waals surface area contributed by atoms with Crippen LogP contribution >= 0.6 is 0 Å². The van der Waals surface area contributed by atoms with Gasteiger partial charge in [-0.2, -0.15) is 0 Å². The van der Waals surface area contributed by atoms with Crippen LogP contribution < -0.4 is 0 Å². The molecule has 2 aliphatic carbocycles. The van der Waals surface area contributed by atoms with Gasteiger partial charge in [0.15, 0.2) is 5.60 Å². The molecule has 0 saturated heterocycles. The van der Waals surface area contributed by atoms with Crippen molar-refractivity contribution in [1.29, 1.82) is 0 Å². The van der Waals surface area contributed by atoms with Gasteiger partial charge in [0.1, 0.15) is 5.92 Å². The Morgan fingerprint density at radius 3 is 2.64 bits per heavy atom. The van der Waals surface area contributed by atoms with E-state index in [0.29, 0.717) is 31.3 Å². The number of rotatable bonds is 5. The Morgan fingerprint density at radius 2 is 2.07 bits per heavy atom. The van der Waals surface area contributed by atoms with Crippen LogP contribution in [0.25, 0.3) is 0 Å². The quantitative estimate of drug-likeness (QED) is 0.309. The molecule has 3 rings (SSSR count). The fourth-order valence-corrected chi connectivity index (χ4v) is 5.30. The summed E-state index contributed by atoms with van der Waals surface area (Å²) in [5, 5.41) is 0. The number of allylic oxidation sites excluding steroid dienone is 2. The van der Waals surface area contributed by atoms with Crippen molar-refractivity contribution in [3.05, 3.63) is 36.3 Å². The molecule has 0 aromatic heterocycles. The van der Waals surface area contributed by atoms with E-state index < -0.39 is 40.2 Å². The van der Waals surface area contributed by atoms with Gasteiger partial charge in [-0.3, -0.25) is 14.4 Å². The summed E-state index contributed by atoms with van der Waals surface area (Å²) in [6.07, 6.45) is 6.57. The SMILES string of the molecule is C=C[C@]1(C)CC[C@@H]2[C@]3(OC=O)C(=CC[C@@]2(C)C(=O)OC)C=C(OC)OC(=O)[C@H]31. The van der Waals surface area contributed by atoms with Crippen LogP contribution in [0.4, 0.5) is 0 Å². The Kier molecular flexibility index (Phi) is 4.89. The normalized spacial score (nSPS) is 39.2. The average Bonchev–Trinajstić information content (AvgIpc) is 2.80. The van der Waals surface area contributed by atoms with E-state index in [9.17, 15) is 14.4 Å². The highest BCUT2D eigenvalue weighted by atomic mass is 16.7. The van der Waals surface area contributed by atoms with E-state index in [1.54, 1.807) is 25.2 Å². The maximum absolute atomic E-state index is 13.2. The second kappa shape index (κ2) is 6.79. The van der Waals surface area contributed by atoms with Crippen LogP contribution in [-0.2, 0) is 33.3 Å². The lowest BCUT2D eigenvalue weighted by Gasteiger charge is -2.58. The molecule has 5 atom stereocenters. The van der Waals surface area contributed by atoms with Gasteiger partial charge in [-0.1, -0.05) is 19.1 Å². The predicted molar refractivity (Wildman–Crippen MR) is 98.4 cm³/mol. The molecule has 7 nitrogen and oxygen atoms in total. The third kappa shape index (κ3) is 2.52. The second-order valence-electron chi connectivity index (χ2n) is 8.10. The van der Waals surface area contributed by atoms with E-state index in [2.05, 4.69) is 6.58 Å². The van der Waals surface area contributed by atoms with Gasteiger partial charge in [0, 0.05) is 17.4 Å². The molecule has 0 aromatic rings. The first-order valence-corrected chi connectivity index (χ1v) is 9.25. The number of cyclic esters (lactones) is 1. The molecule has 1 saturated carbocycles. The summed E-state index contributed by atoms with van der Waals surface area (Å²) < 4.78 is 21.5. The molecule has 28 heavy (non-hydrogen) atoms. The molecule has 152 valence electrons. The van der Waals surface area contributed by atoms with Gasteiger partial charge in [0.25, 0.3) is 12.4 Å². The van der Waals surface area contributed by atoms with Gasteiger partial charge < -0.3 is 18.9 Å². The molecule has 1 aliphatic heterocycles. The molecule has 3 aliphatic rings. The fraction of sp³-hybridized carbons (Fsp3) is 0.571. The molecule has 1 heterocycles. The van der Waals surface area contributed by atoms with Crippen molar-refractivity contribution in [3.63, 3.8) is 0 Å². The monoisotopic (exact) mass is 390 g/mol. The third-order valence-corrected chi connectivity index (χ3v) is 6.82. The van der Waals surface area contributed by atoms with Gasteiger partial charge in [-0.25, -0.2) is 0 Å². The lowest BCUT2D eigenvalue weighted by atomic mass is 9.47. The fourth-order valence-electron chi connectivity index (χ4n) is 5.30. The largest absolute Gasteiger partial charge is 0.469 e. The highest BCUT2D eigenvalue weighted by Gasteiger charge is 2.69. The van der Waals surface area contributed by atoms with Crippen LogP contribution in [0.1, 0.15) is 33.1 Å². The highest BCUT2D eigenvalue weighted by Crippen LogP contribution is 2.63. The molecule has 0 bridgehead atoms. The molecule has 1 fully saturated rings. The van der Waals surface area contributed by atoms with Crippen LogP contribution in [0.15, 0.2) is 36.3 Å². The van der Waals surface area contributed by atoms with Gasteiger partial charge >= 0.3 is 11.9 Å². The average molecular weight is 390 g/mol. The lowest BCUT2D eigenvalue weighted by Crippen LogP contribution is -2.65. The molecule has 0 aromatic carbocycles. The summed E-state index contributed by atoms with van der Waals surface area (Å²) in [7, 11) is 2.73. The first-order chi connectivity index (χ1) is 13.2. The first-order valence-electron chi connectivity index (χ1n) is 9.25. The standard InChI is InChI=1S/C21H26O7/c1-6-19(2)9-8-14-20(3,18(24)26-5)10-7-13-11-15(25-4)28-17(23)16(19)21(13,14)27-12-22/h6-7,11-12,14,16H,1,8-10H2,2-5H3/t14-,16-,19+,20+,21+/m0/s1. The first kappa shape index (κ1) is 20.2. The van der Waals surface area contributed by atoms with E-state index in [1.807, 2.05) is 6.92 Å². The van der Waals surface area contributed by atoms with E-state index >= 15 is 0 Å². The van der Waals surface area contributed by atoms with E-state index in [0.717, 1.165) is 0 Å². The van der Waals surface area contributed by atoms with Gasteiger partial charge in [-0.05, 0) is 31.8 Å². The molecule has 0 spiro atoms. The lowest BCUT2D eigenvalue weighted by molar-refractivity contribution is -0.203. The summed E-state index contributed by atoms with van der Waals surface area (Å²) in [4.78, 5) is 37.7. The Hall–Kier alpha value is -2.57. The maximum Gasteiger partial charge on any atom is 0.322 e. The van der Waals surface area contributed by atoms with Crippen LogP contribution in [0.3, 0.4) is 0 Å². The maximum atomic E-state index is 13.2. The summed E-state index contributed by atoms with van der Waals surface area (Å²) in [6, 6.07) is 0. The summed E-state index contributed by atoms with van der Waals surface area (Å²) in [5.74, 6) is -2.33. The van der Waals surface area contributed by atoms with Crippen LogP contribution in [-0.4, -0.2) is 38.2 Å². The van der Waals surface area contributed by atoms with Crippen molar-refractivity contribution in [2.45, 2.75) is 38.7 Å². The number of esters is 2. The number of hydrogen-bond donors (Lipinski definition) is 0. The van der Waals surface area contributed by atoms with Crippen molar-refractivity contribution in [1.82, 2.24) is 0 Å². The van der Waals surface area contributed by atoms with Crippen molar-refractivity contribution >= 4 is 18.4 Å². The molecule has 0 N–H and O–H groups in total. The van der Waals surface area contributed by atoms with Crippen molar-refractivity contribution in [2.75, 3.05) is 14.2 Å². The van der Waals surface area contributed by atoms with Crippen molar-refractivity contribution in [2.24, 2.45) is 22.7 Å². The number of carbonyl (C=O) groups excluding carboxylic acids is 3. The zero-order valence-corrected chi connectivity index (χ0v) is 16.7. The summed E-state index contributed by atoms with van der Waals surface area (Å²) in [6.45, 7) is 7.93.